The van der Waals surface area contributed by atoms with E-state index in [0.717, 1.165) is 25.1 Å². The van der Waals surface area contributed by atoms with Crippen LogP contribution in [0.15, 0.2) is 17.1 Å². The Kier molecular flexibility index (Phi) is 7.89. The Morgan fingerprint density at radius 1 is 1.30 bits per heavy atom. The Morgan fingerprint density at radius 3 is 2.87 bits per heavy atom. The van der Waals surface area contributed by atoms with Crippen LogP contribution in [-0.4, -0.2) is 43.6 Å². The van der Waals surface area contributed by atoms with Gasteiger partial charge in [-0.15, -0.1) is 11.3 Å². The molecule has 1 aliphatic rings. The molecule has 0 amide bonds. The number of nitrogens with zero attached hydrogens (tertiary/aromatic N) is 2. The number of rotatable bonds is 7. The van der Waals surface area contributed by atoms with Crippen molar-refractivity contribution in [1.82, 2.24) is 15.5 Å². The van der Waals surface area contributed by atoms with E-state index >= 15 is 0 Å². The molecule has 0 spiro atoms. The van der Waals surface area contributed by atoms with Crippen molar-refractivity contribution in [3.8, 4) is 0 Å². The van der Waals surface area contributed by atoms with Gasteiger partial charge in [-0.05, 0) is 64.8 Å². The minimum atomic E-state index is 0.778. The van der Waals surface area contributed by atoms with Crippen LogP contribution in [0.4, 0.5) is 0 Å². The summed E-state index contributed by atoms with van der Waals surface area (Å²) in [6.45, 7) is 8.89. The molecule has 0 saturated carbocycles. The smallest absolute Gasteiger partial charge is 0.191 e. The van der Waals surface area contributed by atoms with Gasteiger partial charge in [-0.25, -0.2) is 0 Å². The van der Waals surface area contributed by atoms with Crippen LogP contribution < -0.4 is 10.6 Å². The number of piperidine rings is 1. The lowest BCUT2D eigenvalue weighted by Gasteiger charge is -2.33. The third-order valence-electron chi connectivity index (χ3n) is 4.55. The second kappa shape index (κ2) is 9.93. The molecule has 2 N–H and O–H groups in total. The predicted molar refractivity (Wildman–Crippen MR) is 101 cm³/mol. The van der Waals surface area contributed by atoms with Gasteiger partial charge >= 0.3 is 0 Å². The van der Waals surface area contributed by atoms with Crippen LogP contribution in [0.5, 0.6) is 0 Å². The van der Waals surface area contributed by atoms with Gasteiger partial charge < -0.3 is 15.5 Å². The molecule has 2 heterocycles. The van der Waals surface area contributed by atoms with E-state index in [2.05, 4.69) is 46.5 Å². The largest absolute Gasteiger partial charge is 0.356 e. The first kappa shape index (κ1) is 18.3. The normalized spacial score (nSPS) is 19.8. The second-order valence-electron chi connectivity index (χ2n) is 6.45. The topological polar surface area (TPSA) is 39.7 Å². The molecule has 23 heavy (non-hydrogen) atoms. The maximum absolute atomic E-state index is 4.30. The minimum absolute atomic E-state index is 0.778. The van der Waals surface area contributed by atoms with Gasteiger partial charge in [-0.1, -0.05) is 6.42 Å². The van der Waals surface area contributed by atoms with E-state index in [1.807, 2.05) is 18.4 Å². The average Bonchev–Trinajstić information content (AvgIpc) is 2.97. The SMILES string of the molecule is CN=C(NCCCCN1CCCCC1C)NCc1ccc(C)s1. The summed E-state index contributed by atoms with van der Waals surface area (Å²) in [5.74, 6) is 0.905. The highest BCUT2D eigenvalue weighted by Crippen LogP contribution is 2.16. The highest BCUT2D eigenvalue weighted by Gasteiger charge is 2.16. The van der Waals surface area contributed by atoms with E-state index in [0.29, 0.717) is 0 Å². The maximum atomic E-state index is 4.30. The van der Waals surface area contributed by atoms with Crippen LogP contribution in [0, 0.1) is 6.92 Å². The maximum Gasteiger partial charge on any atom is 0.191 e. The Hall–Kier alpha value is -1.07. The lowest BCUT2D eigenvalue weighted by atomic mass is 10.0. The molecule has 1 atom stereocenters. The standard InChI is InChI=1S/C18H32N4S/c1-15-8-4-6-12-22(15)13-7-5-11-20-18(19-3)21-14-17-10-9-16(2)23-17/h9-10,15H,4-8,11-14H2,1-3H3,(H2,19,20,21). The summed E-state index contributed by atoms with van der Waals surface area (Å²) in [7, 11) is 1.84. The molecule has 1 unspecified atom stereocenters. The van der Waals surface area contributed by atoms with Gasteiger partial charge in [0.05, 0.1) is 6.54 Å². The highest BCUT2D eigenvalue weighted by atomic mass is 32.1. The Labute approximate surface area is 145 Å². The second-order valence-corrected chi connectivity index (χ2v) is 7.83. The number of hydrogen-bond acceptors (Lipinski definition) is 3. The summed E-state index contributed by atoms with van der Waals surface area (Å²) in [6, 6.07) is 5.12. The molecular formula is C18H32N4S. The number of unbranched alkanes of at least 4 members (excludes halogenated alkanes) is 1. The summed E-state index contributed by atoms with van der Waals surface area (Å²) < 4.78 is 0. The van der Waals surface area contributed by atoms with E-state index < -0.39 is 0 Å². The zero-order chi connectivity index (χ0) is 16.5. The van der Waals surface area contributed by atoms with Crippen LogP contribution in [0.3, 0.4) is 0 Å². The van der Waals surface area contributed by atoms with Crippen molar-refractivity contribution in [2.75, 3.05) is 26.7 Å². The monoisotopic (exact) mass is 336 g/mol. The van der Waals surface area contributed by atoms with Crippen LogP contribution in [0.2, 0.25) is 0 Å². The zero-order valence-corrected chi connectivity index (χ0v) is 15.7. The summed E-state index contributed by atoms with van der Waals surface area (Å²) in [4.78, 5) is 9.66. The minimum Gasteiger partial charge on any atom is -0.356 e. The number of hydrogen-bond donors (Lipinski definition) is 2. The van der Waals surface area contributed by atoms with Crippen LogP contribution in [0.25, 0.3) is 0 Å². The zero-order valence-electron chi connectivity index (χ0n) is 14.9. The number of nitrogens with one attached hydrogen (secondary N) is 2. The molecule has 1 saturated heterocycles. The van der Waals surface area contributed by atoms with Gasteiger partial charge in [-0.2, -0.15) is 0 Å². The first-order valence-corrected chi connectivity index (χ1v) is 9.74. The molecule has 1 aromatic heterocycles. The first-order valence-electron chi connectivity index (χ1n) is 8.93. The highest BCUT2D eigenvalue weighted by molar-refractivity contribution is 7.11. The van der Waals surface area contributed by atoms with Gasteiger partial charge in [0.1, 0.15) is 0 Å². The van der Waals surface area contributed by atoms with E-state index in [1.165, 1.54) is 54.9 Å². The van der Waals surface area contributed by atoms with Crippen molar-refractivity contribution in [1.29, 1.82) is 0 Å². The van der Waals surface area contributed by atoms with Gasteiger partial charge in [0.2, 0.25) is 0 Å². The van der Waals surface area contributed by atoms with E-state index in [1.54, 1.807) is 0 Å². The predicted octanol–water partition coefficient (Wildman–Crippen LogP) is 3.38. The molecule has 130 valence electrons. The quantitative estimate of drug-likeness (QED) is 0.455. The summed E-state index contributed by atoms with van der Waals surface area (Å²) >= 11 is 1.84. The molecule has 1 aliphatic heterocycles. The van der Waals surface area contributed by atoms with Gasteiger partial charge in [-0.3, -0.25) is 4.99 Å². The molecule has 0 aliphatic carbocycles. The lowest BCUT2D eigenvalue weighted by molar-refractivity contribution is 0.158. The summed E-state index contributed by atoms with van der Waals surface area (Å²) in [5, 5.41) is 6.81. The lowest BCUT2D eigenvalue weighted by Crippen LogP contribution is -2.39. The summed E-state index contributed by atoms with van der Waals surface area (Å²) in [6.07, 6.45) is 6.61. The Bertz CT molecular complexity index is 483. The van der Waals surface area contributed by atoms with Crippen LogP contribution in [-0.2, 0) is 6.54 Å². The number of likely N-dealkylation sites (tertiary alicyclic amines) is 1. The third-order valence-corrected chi connectivity index (χ3v) is 5.56. The molecule has 0 radical (unpaired) electrons. The van der Waals surface area contributed by atoms with Gasteiger partial charge in [0.25, 0.3) is 0 Å². The van der Waals surface area contributed by atoms with E-state index in [4.69, 9.17) is 0 Å². The fourth-order valence-electron chi connectivity index (χ4n) is 3.11. The van der Waals surface area contributed by atoms with Gasteiger partial charge in [0.15, 0.2) is 5.96 Å². The number of guanidine groups is 1. The van der Waals surface area contributed by atoms with Crippen molar-refractivity contribution < 1.29 is 0 Å². The molecular weight excluding hydrogens is 304 g/mol. The molecule has 0 bridgehead atoms. The fourth-order valence-corrected chi connectivity index (χ4v) is 3.94. The van der Waals surface area contributed by atoms with E-state index in [-0.39, 0.29) is 0 Å². The third kappa shape index (κ3) is 6.51. The van der Waals surface area contributed by atoms with Gasteiger partial charge in [0, 0.05) is 29.4 Å². The number of thiophene rings is 1. The van der Waals surface area contributed by atoms with E-state index in [9.17, 15) is 0 Å². The fraction of sp³-hybridized carbons (Fsp3) is 0.722. The molecule has 4 nitrogen and oxygen atoms in total. The Balaban J connectivity index is 1.56. The van der Waals surface area contributed by atoms with Crippen molar-refractivity contribution in [3.63, 3.8) is 0 Å². The molecule has 0 aromatic carbocycles. The molecule has 5 heteroatoms. The summed E-state index contributed by atoms with van der Waals surface area (Å²) in [5.41, 5.74) is 0. The van der Waals surface area contributed by atoms with Crippen molar-refractivity contribution in [3.05, 3.63) is 21.9 Å². The Morgan fingerprint density at radius 2 is 2.17 bits per heavy atom. The van der Waals surface area contributed by atoms with Crippen LogP contribution >= 0.6 is 11.3 Å². The first-order chi connectivity index (χ1) is 11.2. The molecule has 2 rings (SSSR count). The van der Waals surface area contributed by atoms with Crippen LogP contribution in [0.1, 0.15) is 48.8 Å². The molecule has 1 fully saturated rings. The number of aryl methyl sites for hydroxylation is 1. The van der Waals surface area contributed by atoms with Crippen molar-refractivity contribution in [2.45, 2.75) is 58.5 Å². The number of aliphatic imine (C=N–C) groups is 1. The molecule has 1 aromatic rings. The average molecular weight is 337 g/mol. The van der Waals surface area contributed by atoms with Crippen molar-refractivity contribution >= 4 is 17.3 Å². The van der Waals surface area contributed by atoms with Crippen molar-refractivity contribution in [2.24, 2.45) is 4.99 Å².